The van der Waals surface area contributed by atoms with E-state index in [2.05, 4.69) is 27.4 Å². The average Bonchev–Trinajstić information content (AvgIpc) is 3.71. The highest BCUT2D eigenvalue weighted by Crippen LogP contribution is 2.36. The molecule has 3 aliphatic heterocycles. The quantitative estimate of drug-likeness (QED) is 0.385. The molecule has 2 N–H and O–H groups in total. The van der Waals surface area contributed by atoms with Crippen molar-refractivity contribution in [2.75, 3.05) is 57.3 Å². The van der Waals surface area contributed by atoms with Crippen molar-refractivity contribution >= 4 is 34.8 Å². The molecule has 3 aromatic rings. The molecule has 1 saturated carbocycles. The third-order valence-corrected chi connectivity index (χ3v) is 9.03. The summed E-state index contributed by atoms with van der Waals surface area (Å²) < 4.78 is 27.4. The number of benzene rings is 1. The Hall–Kier alpha value is -4.19. The number of amides is 4. The molecule has 0 radical (unpaired) electrons. The predicted octanol–water partition coefficient (Wildman–Crippen LogP) is 3.02. The van der Waals surface area contributed by atoms with Crippen LogP contribution in [0, 0.1) is 11.7 Å². The molecular formula is C31H35FN6O5. The van der Waals surface area contributed by atoms with Crippen molar-refractivity contribution in [3.63, 3.8) is 0 Å². The molecule has 43 heavy (non-hydrogen) atoms. The molecule has 4 aliphatic rings. The number of fused-ring (bicyclic) bond motifs is 2. The van der Waals surface area contributed by atoms with Crippen molar-refractivity contribution in [1.82, 2.24) is 25.4 Å². The van der Waals surface area contributed by atoms with Crippen molar-refractivity contribution < 1.29 is 27.9 Å². The number of hydrogen-bond acceptors (Lipinski definition) is 8. The number of nitrogens with zero attached hydrogens (tertiary/aromatic N) is 4. The number of anilines is 1. The highest BCUT2D eigenvalue weighted by Gasteiger charge is 2.53. The number of nitrogens with one attached hydrogen (secondary N) is 2. The fraction of sp³-hybridized carbons (Fsp3) is 0.484. The van der Waals surface area contributed by atoms with Crippen LogP contribution in [0.1, 0.15) is 47.9 Å². The lowest BCUT2D eigenvalue weighted by Gasteiger charge is -2.35. The monoisotopic (exact) mass is 590 g/mol. The van der Waals surface area contributed by atoms with E-state index in [1.807, 2.05) is 12.1 Å². The number of imide groups is 1. The number of ether oxygens (including phenoxy) is 1. The fourth-order valence-electron chi connectivity index (χ4n) is 6.26. The van der Waals surface area contributed by atoms with Gasteiger partial charge in [-0.15, -0.1) is 0 Å². The zero-order chi connectivity index (χ0) is 29.7. The predicted molar refractivity (Wildman–Crippen MR) is 156 cm³/mol. The summed E-state index contributed by atoms with van der Waals surface area (Å²) in [5.74, 6) is -0.468. The van der Waals surface area contributed by atoms with Gasteiger partial charge in [0.15, 0.2) is 22.7 Å². The Labute approximate surface area is 248 Å². The first-order chi connectivity index (χ1) is 20.8. The largest absolute Gasteiger partial charge is 0.490 e. The smallest absolute Gasteiger partial charge is 0.322 e. The molecule has 0 bridgehead atoms. The molecule has 0 spiro atoms. The molecule has 1 atom stereocenters. The molecule has 2 aromatic heterocycles. The molecule has 5 heterocycles. The molecular weight excluding hydrogens is 555 g/mol. The molecule has 11 nitrogen and oxygen atoms in total. The molecule has 12 heteroatoms. The Kier molecular flexibility index (Phi) is 6.95. The van der Waals surface area contributed by atoms with Gasteiger partial charge in [0.2, 0.25) is 0 Å². The van der Waals surface area contributed by atoms with Gasteiger partial charge in [0, 0.05) is 32.2 Å². The Balaban J connectivity index is 1.18. The molecule has 2 saturated heterocycles. The summed E-state index contributed by atoms with van der Waals surface area (Å²) in [4.78, 5) is 50.4. The number of rotatable bonds is 8. The summed E-state index contributed by atoms with van der Waals surface area (Å²) in [7, 11) is 0. The zero-order valence-corrected chi connectivity index (χ0v) is 24.2. The van der Waals surface area contributed by atoms with E-state index in [1.165, 1.54) is 4.90 Å². The van der Waals surface area contributed by atoms with E-state index in [9.17, 15) is 14.4 Å². The first kappa shape index (κ1) is 27.6. The minimum absolute atomic E-state index is 0.0495. The summed E-state index contributed by atoms with van der Waals surface area (Å²) in [5.41, 5.74) is -0.185. The van der Waals surface area contributed by atoms with Crippen LogP contribution >= 0.6 is 0 Å². The lowest BCUT2D eigenvalue weighted by atomic mass is 9.92. The first-order valence-corrected chi connectivity index (χ1v) is 15.1. The number of pyridine rings is 1. The Morgan fingerprint density at radius 1 is 1.09 bits per heavy atom. The molecule has 0 unspecified atom stereocenters. The highest BCUT2D eigenvalue weighted by atomic mass is 19.1. The number of urea groups is 1. The Morgan fingerprint density at radius 3 is 2.72 bits per heavy atom. The number of carbonyl (C=O) groups excluding carboxylic acids is 3. The van der Waals surface area contributed by atoms with Crippen molar-refractivity contribution in [2.24, 2.45) is 5.92 Å². The molecule has 3 fully saturated rings. The summed E-state index contributed by atoms with van der Waals surface area (Å²) >= 11 is 0. The van der Waals surface area contributed by atoms with Crippen LogP contribution in [0.25, 0.3) is 11.1 Å². The van der Waals surface area contributed by atoms with Gasteiger partial charge in [-0.1, -0.05) is 13.0 Å². The van der Waals surface area contributed by atoms with Crippen LogP contribution in [0.4, 0.5) is 15.0 Å². The van der Waals surface area contributed by atoms with Crippen molar-refractivity contribution in [1.29, 1.82) is 0 Å². The Bertz CT molecular complexity index is 1600. The number of likely N-dealkylation sites (N-methyl/N-ethyl adjacent to an activating group) is 1. The van der Waals surface area contributed by atoms with E-state index in [0.29, 0.717) is 35.6 Å². The van der Waals surface area contributed by atoms with Crippen LogP contribution in [0.15, 0.2) is 34.7 Å². The lowest BCUT2D eigenvalue weighted by Crippen LogP contribution is -2.55. The highest BCUT2D eigenvalue weighted by molar-refractivity contribution is 6.08. The lowest BCUT2D eigenvalue weighted by molar-refractivity contribution is -0.125. The SMILES string of the molecule is CCN1CCCN(c2ccc3oc([C@@]4(CN5CCc6ccc(OCC7CC7)c(F)c6C5=O)NC(=O)NC4=O)cc3n2)CC1. The summed E-state index contributed by atoms with van der Waals surface area (Å²) in [6, 6.07) is 7.96. The molecule has 226 valence electrons. The molecule has 1 aromatic carbocycles. The maximum absolute atomic E-state index is 15.6. The molecule has 1 aliphatic carbocycles. The van der Waals surface area contributed by atoms with Gasteiger partial charge in [0.05, 0.1) is 18.7 Å². The zero-order valence-electron chi connectivity index (χ0n) is 24.2. The number of aromatic nitrogens is 1. The number of halogens is 1. The van der Waals surface area contributed by atoms with Gasteiger partial charge in [0.1, 0.15) is 17.1 Å². The van der Waals surface area contributed by atoms with Crippen molar-refractivity contribution in [2.45, 2.75) is 38.1 Å². The van der Waals surface area contributed by atoms with E-state index < -0.39 is 29.2 Å². The van der Waals surface area contributed by atoms with Gasteiger partial charge in [-0.05, 0) is 68.5 Å². The fourth-order valence-corrected chi connectivity index (χ4v) is 6.26. The van der Waals surface area contributed by atoms with Crippen LogP contribution in [0.2, 0.25) is 0 Å². The normalized spacial score (nSPS) is 22.9. The number of carbonyl (C=O) groups is 3. The maximum atomic E-state index is 15.6. The van der Waals surface area contributed by atoms with Gasteiger partial charge in [-0.2, -0.15) is 0 Å². The van der Waals surface area contributed by atoms with Crippen LogP contribution in [0.5, 0.6) is 5.75 Å². The van der Waals surface area contributed by atoms with Crippen LogP contribution in [0.3, 0.4) is 0 Å². The van der Waals surface area contributed by atoms with Gasteiger partial charge in [-0.3, -0.25) is 14.9 Å². The summed E-state index contributed by atoms with van der Waals surface area (Å²) in [6.07, 6.45) is 3.54. The van der Waals surface area contributed by atoms with E-state index >= 15 is 4.39 Å². The Morgan fingerprint density at radius 2 is 1.95 bits per heavy atom. The van der Waals surface area contributed by atoms with Crippen LogP contribution < -0.4 is 20.3 Å². The van der Waals surface area contributed by atoms with Gasteiger partial charge in [-0.25, -0.2) is 14.2 Å². The average molecular weight is 591 g/mol. The van der Waals surface area contributed by atoms with Gasteiger partial charge in [0.25, 0.3) is 11.8 Å². The van der Waals surface area contributed by atoms with Crippen LogP contribution in [-0.4, -0.2) is 85.0 Å². The minimum Gasteiger partial charge on any atom is -0.490 e. The van der Waals surface area contributed by atoms with Crippen molar-refractivity contribution in [3.05, 3.63) is 53.0 Å². The second kappa shape index (κ2) is 10.8. The van der Waals surface area contributed by atoms with Crippen molar-refractivity contribution in [3.8, 4) is 5.75 Å². The second-order valence-corrected chi connectivity index (χ2v) is 11.9. The summed E-state index contributed by atoms with van der Waals surface area (Å²) in [5, 5.41) is 4.99. The standard InChI is InChI=1S/C31H35FN6O5/c1-2-36-11-3-12-37(15-14-36)25-9-8-22-21(33-25)16-24(43-22)31(29(40)34-30(41)35-31)18-38-13-10-20-6-7-23(42-17-19-4-5-19)27(32)26(20)28(38)39/h6-9,16,19H,2-5,10-15,17-18H2,1H3,(H2,34,35,40,41)/t31-/m1/s1. The summed E-state index contributed by atoms with van der Waals surface area (Å²) in [6.45, 7) is 7.31. The third-order valence-electron chi connectivity index (χ3n) is 9.03. The number of furan rings is 1. The van der Waals surface area contributed by atoms with Gasteiger partial charge < -0.3 is 29.2 Å². The third kappa shape index (κ3) is 5.07. The maximum Gasteiger partial charge on any atom is 0.322 e. The van der Waals surface area contributed by atoms with E-state index in [0.717, 1.165) is 57.8 Å². The van der Waals surface area contributed by atoms with E-state index in [1.54, 1.807) is 18.2 Å². The second-order valence-electron chi connectivity index (χ2n) is 11.9. The number of hydrogen-bond donors (Lipinski definition) is 2. The first-order valence-electron chi connectivity index (χ1n) is 15.1. The van der Waals surface area contributed by atoms with E-state index in [-0.39, 0.29) is 30.2 Å². The van der Waals surface area contributed by atoms with Crippen LogP contribution in [-0.2, 0) is 16.8 Å². The molecule has 7 rings (SSSR count). The molecule has 4 amide bonds. The minimum atomic E-state index is -1.70. The van der Waals surface area contributed by atoms with E-state index in [4.69, 9.17) is 14.1 Å². The topological polar surface area (TPSA) is 120 Å². The van der Waals surface area contributed by atoms with Gasteiger partial charge >= 0.3 is 6.03 Å².